The Bertz CT molecular complexity index is 1730. The van der Waals surface area contributed by atoms with Crippen molar-refractivity contribution in [1.29, 1.82) is 0 Å². The number of esters is 1. The Hall–Kier alpha value is -2.81. The molecule has 494 valence electrons. The SMILES string of the molecule is CC/C=C\C/C=C\C/C=C\C/C=C\C/C=C\C/C=C\CCCCCCC(=O)NC(COP(=O)(O)OCC[N+](C)(C)C)C(/C=C/CCCCCCCCCCC)OC(=O)CCCCCCCCCCCCCCCCCCCCCCCCCCC. The van der Waals surface area contributed by atoms with Crippen LogP contribution in [0.2, 0.25) is 0 Å². The number of carbonyl (C=O) groups is 2. The molecule has 0 fully saturated rings. The van der Waals surface area contributed by atoms with E-state index in [1.165, 1.54) is 186 Å². The second-order valence-electron chi connectivity index (χ2n) is 25.4. The molecular formula is C75H138N2O7P+. The zero-order valence-electron chi connectivity index (χ0n) is 56.6. The van der Waals surface area contributed by atoms with Gasteiger partial charge in [-0.3, -0.25) is 18.6 Å². The van der Waals surface area contributed by atoms with Crippen LogP contribution in [0.1, 0.15) is 329 Å². The van der Waals surface area contributed by atoms with Gasteiger partial charge in [-0.15, -0.1) is 0 Å². The smallest absolute Gasteiger partial charge is 0.456 e. The summed E-state index contributed by atoms with van der Waals surface area (Å²) in [5.41, 5.74) is 0. The average Bonchev–Trinajstić information content (AvgIpc) is 3.62. The molecular weight excluding hydrogens is 1070 g/mol. The third-order valence-corrected chi connectivity index (χ3v) is 16.8. The fourth-order valence-electron chi connectivity index (χ4n) is 10.4. The molecule has 1 amide bonds. The number of unbranched alkanes of at least 4 members (excludes halogenated alkanes) is 37. The van der Waals surface area contributed by atoms with E-state index in [4.69, 9.17) is 13.8 Å². The van der Waals surface area contributed by atoms with Gasteiger partial charge in [-0.1, -0.05) is 318 Å². The van der Waals surface area contributed by atoms with E-state index in [9.17, 15) is 19.0 Å². The molecule has 9 nitrogen and oxygen atoms in total. The molecule has 0 aliphatic heterocycles. The summed E-state index contributed by atoms with van der Waals surface area (Å²) >= 11 is 0. The zero-order chi connectivity index (χ0) is 62.1. The van der Waals surface area contributed by atoms with Gasteiger partial charge in [0.15, 0.2) is 0 Å². The van der Waals surface area contributed by atoms with Crippen LogP contribution in [0.5, 0.6) is 0 Å². The lowest BCUT2D eigenvalue weighted by Gasteiger charge is -2.27. The van der Waals surface area contributed by atoms with Crippen LogP contribution in [0.3, 0.4) is 0 Å². The summed E-state index contributed by atoms with van der Waals surface area (Å²) in [7, 11) is 1.48. The molecule has 0 aromatic carbocycles. The van der Waals surface area contributed by atoms with Crippen LogP contribution in [0.25, 0.3) is 0 Å². The van der Waals surface area contributed by atoms with Crippen LogP contribution in [0, 0.1) is 0 Å². The van der Waals surface area contributed by atoms with Gasteiger partial charge in [0, 0.05) is 12.8 Å². The molecule has 0 bridgehead atoms. The highest BCUT2D eigenvalue weighted by Crippen LogP contribution is 2.43. The van der Waals surface area contributed by atoms with Crippen molar-refractivity contribution in [2.75, 3.05) is 40.9 Å². The summed E-state index contributed by atoms with van der Waals surface area (Å²) in [4.78, 5) is 37.9. The number of phosphoric acid groups is 1. The number of hydrogen-bond donors (Lipinski definition) is 2. The predicted molar refractivity (Wildman–Crippen MR) is 369 cm³/mol. The van der Waals surface area contributed by atoms with E-state index >= 15 is 0 Å². The number of allylic oxidation sites excluding steroid dienone is 13. The maximum Gasteiger partial charge on any atom is 0.472 e. The first-order valence-corrected chi connectivity index (χ1v) is 37.4. The van der Waals surface area contributed by atoms with Crippen molar-refractivity contribution in [2.45, 2.75) is 341 Å². The van der Waals surface area contributed by atoms with Gasteiger partial charge in [0.2, 0.25) is 5.91 Å². The van der Waals surface area contributed by atoms with E-state index in [-0.39, 0.29) is 31.5 Å². The third-order valence-electron chi connectivity index (χ3n) is 15.8. The van der Waals surface area contributed by atoms with Crippen LogP contribution >= 0.6 is 7.82 Å². The Morgan fingerprint density at radius 1 is 0.424 bits per heavy atom. The minimum Gasteiger partial charge on any atom is -0.456 e. The van der Waals surface area contributed by atoms with Crippen LogP contribution in [0.4, 0.5) is 0 Å². The Balaban J connectivity index is 5.05. The minimum atomic E-state index is -4.46. The fourth-order valence-corrected chi connectivity index (χ4v) is 11.1. The highest BCUT2D eigenvalue weighted by Gasteiger charge is 2.30. The van der Waals surface area contributed by atoms with Crippen molar-refractivity contribution in [3.05, 3.63) is 85.1 Å². The largest absolute Gasteiger partial charge is 0.472 e. The number of quaternary nitrogens is 1. The zero-order valence-corrected chi connectivity index (χ0v) is 57.5. The molecule has 85 heavy (non-hydrogen) atoms. The molecule has 3 atom stereocenters. The number of nitrogens with zero attached hydrogens (tertiary/aromatic N) is 1. The average molecular weight is 1210 g/mol. The summed E-state index contributed by atoms with van der Waals surface area (Å²) in [6.45, 7) is 6.91. The molecule has 0 spiro atoms. The van der Waals surface area contributed by atoms with Crippen LogP contribution in [-0.4, -0.2) is 74.3 Å². The topological polar surface area (TPSA) is 111 Å². The molecule has 0 aromatic rings. The minimum absolute atomic E-state index is 0.0328. The van der Waals surface area contributed by atoms with E-state index in [0.717, 1.165) is 103 Å². The van der Waals surface area contributed by atoms with Gasteiger partial charge in [-0.05, 0) is 83.1 Å². The second-order valence-corrected chi connectivity index (χ2v) is 26.8. The number of amides is 1. The molecule has 0 heterocycles. The van der Waals surface area contributed by atoms with Gasteiger partial charge in [0.1, 0.15) is 19.3 Å². The van der Waals surface area contributed by atoms with Crippen molar-refractivity contribution < 1.29 is 37.3 Å². The molecule has 0 aromatic heterocycles. The Morgan fingerprint density at radius 2 is 0.753 bits per heavy atom. The number of nitrogens with one attached hydrogen (secondary N) is 1. The molecule has 2 N–H and O–H groups in total. The first-order valence-electron chi connectivity index (χ1n) is 35.9. The van der Waals surface area contributed by atoms with Crippen molar-refractivity contribution >= 4 is 19.7 Å². The van der Waals surface area contributed by atoms with E-state index < -0.39 is 20.0 Å². The van der Waals surface area contributed by atoms with E-state index in [1.54, 1.807) is 0 Å². The van der Waals surface area contributed by atoms with Gasteiger partial charge in [-0.25, -0.2) is 4.57 Å². The van der Waals surface area contributed by atoms with Gasteiger partial charge < -0.3 is 19.4 Å². The molecule has 3 unspecified atom stereocenters. The monoisotopic (exact) mass is 1210 g/mol. The van der Waals surface area contributed by atoms with Crippen LogP contribution in [-0.2, 0) is 27.9 Å². The van der Waals surface area contributed by atoms with E-state index in [0.29, 0.717) is 23.9 Å². The summed E-state index contributed by atoms with van der Waals surface area (Å²) in [5.74, 6) is -0.526. The summed E-state index contributed by atoms with van der Waals surface area (Å²) in [5, 5.41) is 3.05. The van der Waals surface area contributed by atoms with Crippen molar-refractivity contribution in [3.63, 3.8) is 0 Å². The lowest BCUT2D eigenvalue weighted by Crippen LogP contribution is -2.47. The summed E-state index contributed by atoms with van der Waals surface area (Å²) in [6.07, 6.45) is 86.1. The van der Waals surface area contributed by atoms with Crippen molar-refractivity contribution in [3.8, 4) is 0 Å². The predicted octanol–water partition coefficient (Wildman–Crippen LogP) is 22.9. The van der Waals surface area contributed by atoms with Crippen molar-refractivity contribution in [1.82, 2.24) is 5.32 Å². The quantitative estimate of drug-likeness (QED) is 0.0205. The molecule has 0 radical (unpaired) electrons. The summed E-state index contributed by atoms with van der Waals surface area (Å²) in [6, 6.07) is -0.865. The standard InChI is InChI=1S/C75H137N2O7P/c1-7-10-13-16-19-22-25-27-29-31-33-35-37-38-40-42-44-46-48-50-53-56-59-62-65-68-75(79)84-73(66-63-60-57-54-51-24-21-18-15-12-9-3)72(71-83-85(80,81)82-70-69-77(4,5)6)76-74(78)67-64-61-58-55-52-49-47-45-43-41-39-36-34-32-30-28-26-23-20-17-14-11-8-2/h11,14,20,23,28,30,34,36,41,43,47,49,63,66,72-73H,7-10,12-13,15-19,21-22,24-27,29,31-33,35,37-40,42,44-46,48,50-62,64-65,67-71H2,1-6H3,(H-,76,78,80,81)/p+1/b14-11-,23-20-,30-28-,36-34-,43-41-,49-47-,66-63+. The lowest BCUT2D eigenvalue weighted by atomic mass is 10.0. The molecule has 0 aliphatic carbocycles. The number of phosphoric ester groups is 1. The number of carbonyl (C=O) groups excluding carboxylic acids is 2. The lowest BCUT2D eigenvalue weighted by molar-refractivity contribution is -0.870. The molecule has 0 aliphatic rings. The Labute approximate surface area is 526 Å². The molecule has 0 saturated heterocycles. The highest BCUT2D eigenvalue weighted by molar-refractivity contribution is 7.47. The first-order chi connectivity index (χ1) is 41.4. The maximum atomic E-state index is 13.6. The van der Waals surface area contributed by atoms with Crippen LogP contribution in [0.15, 0.2) is 85.1 Å². The van der Waals surface area contributed by atoms with Gasteiger partial charge in [-0.2, -0.15) is 0 Å². The number of rotatable bonds is 65. The maximum absolute atomic E-state index is 13.6. The van der Waals surface area contributed by atoms with E-state index in [2.05, 4.69) is 99.0 Å². The third kappa shape index (κ3) is 65.5. The van der Waals surface area contributed by atoms with Crippen LogP contribution < -0.4 is 5.32 Å². The van der Waals surface area contributed by atoms with Gasteiger partial charge in [0.25, 0.3) is 0 Å². The highest BCUT2D eigenvalue weighted by atomic mass is 31.2. The normalized spacial score (nSPS) is 14.0. The Kier molecular flexibility index (Phi) is 62.1. The summed E-state index contributed by atoms with van der Waals surface area (Å²) < 4.78 is 30.8. The number of ether oxygens (including phenoxy) is 1. The number of hydrogen-bond acceptors (Lipinski definition) is 6. The molecule has 10 heteroatoms. The van der Waals surface area contributed by atoms with Gasteiger partial charge >= 0.3 is 13.8 Å². The molecule has 0 rings (SSSR count). The van der Waals surface area contributed by atoms with Gasteiger partial charge in [0.05, 0.1) is 33.8 Å². The first kappa shape index (κ1) is 82.2. The fraction of sp³-hybridized carbons (Fsp3) is 0.787. The molecule has 0 saturated carbocycles. The Morgan fingerprint density at radius 3 is 1.13 bits per heavy atom. The second kappa shape index (κ2) is 64.2. The van der Waals surface area contributed by atoms with Crippen molar-refractivity contribution in [2.24, 2.45) is 0 Å². The van der Waals surface area contributed by atoms with E-state index in [1.807, 2.05) is 33.3 Å². The number of likely N-dealkylation sites (N-methyl/N-ethyl adjacent to an activating group) is 1.